The number of halogens is 3. The molecule has 0 aromatic rings. The van der Waals surface area contributed by atoms with Crippen LogP contribution < -0.4 is 0 Å². The van der Waals surface area contributed by atoms with Crippen LogP contribution in [0.4, 0.5) is 13.2 Å². The van der Waals surface area contributed by atoms with Gasteiger partial charge >= 0.3 is 15.6 Å². The van der Waals surface area contributed by atoms with E-state index < -0.39 is 37.7 Å². The molecule has 0 aliphatic heterocycles. The molecule has 0 radical (unpaired) electrons. The number of alkyl halides is 3. The number of hydrogen-bond acceptors (Lipinski definition) is 5. The summed E-state index contributed by atoms with van der Waals surface area (Å²) in [6.07, 6.45) is 9.26. The van der Waals surface area contributed by atoms with Gasteiger partial charge < -0.3 is 13.0 Å². The fourth-order valence-electron chi connectivity index (χ4n) is 7.24. The van der Waals surface area contributed by atoms with Gasteiger partial charge in [0.15, 0.2) is 16.6 Å². The molecule has 0 spiro atoms. The van der Waals surface area contributed by atoms with Crippen LogP contribution in [0.25, 0.3) is 0 Å². The molecule has 0 aromatic carbocycles. The first kappa shape index (κ1) is 35.0. The third kappa shape index (κ3) is 5.92. The van der Waals surface area contributed by atoms with Crippen LogP contribution in [0.5, 0.6) is 0 Å². The average Bonchev–Trinajstić information content (AvgIpc) is 3.13. The SMILES string of the molecule is CC(C)(C)[Si](C)(C)O[C@@H]1CC2=CC=C3C(CC[C@]4(C)C(OS(=O)(=O)C(F)(F)F)=CCC34)[C@@]2(C)[C@@H](O[Si](C)(C)C(C)(C)C)C1. The van der Waals surface area contributed by atoms with Crippen LogP contribution in [-0.2, 0) is 23.2 Å². The first-order chi connectivity index (χ1) is 19.2. The molecule has 4 rings (SSSR count). The maximum atomic E-state index is 13.2. The Morgan fingerprint density at radius 2 is 1.44 bits per heavy atom. The number of hydrogen-bond donors (Lipinski definition) is 0. The minimum Gasteiger partial charge on any atom is -0.414 e. The summed E-state index contributed by atoms with van der Waals surface area (Å²) >= 11 is 0. The van der Waals surface area contributed by atoms with Gasteiger partial charge in [0.1, 0.15) is 5.76 Å². The van der Waals surface area contributed by atoms with Gasteiger partial charge in [-0.2, -0.15) is 21.6 Å². The second-order valence-corrected chi connectivity index (χ2v) is 27.8. The zero-order valence-corrected chi connectivity index (χ0v) is 31.0. The third-order valence-electron chi connectivity index (χ3n) is 12.1. The standard InChI is InChI=1S/C32H53F3O5SSi2/c1-28(2,3)42(9,10)39-22-19-21-13-14-23-24-15-16-26(38-41(36,37)32(33,34)35)30(24,7)18-17-25(23)31(21,8)27(20-22)40-43(11,12)29(4,5)6/h13-14,16,22,24-25,27H,15,17-20H2,1-12H3/t22-,24?,25?,27+,30+,31+/m1/s1. The molecule has 11 heteroatoms. The summed E-state index contributed by atoms with van der Waals surface area (Å²) in [5.74, 6) is -0.0650. The topological polar surface area (TPSA) is 61.8 Å². The Balaban J connectivity index is 1.72. The summed E-state index contributed by atoms with van der Waals surface area (Å²) in [6.45, 7) is 26.9. The monoisotopic (exact) mass is 662 g/mol. The molecule has 6 atom stereocenters. The fraction of sp³-hybridized carbons (Fsp3) is 0.812. The van der Waals surface area contributed by atoms with Crippen molar-refractivity contribution in [3.05, 3.63) is 35.1 Å². The molecule has 4 aliphatic rings. The first-order valence-electron chi connectivity index (χ1n) is 15.7. The van der Waals surface area contributed by atoms with E-state index in [2.05, 4.69) is 86.8 Å². The van der Waals surface area contributed by atoms with Crippen LogP contribution in [0.1, 0.15) is 87.5 Å². The van der Waals surface area contributed by atoms with Crippen LogP contribution in [-0.4, -0.2) is 42.8 Å². The molecule has 0 heterocycles. The minimum absolute atomic E-state index is 0.0184. The van der Waals surface area contributed by atoms with Gasteiger partial charge in [-0.3, -0.25) is 0 Å². The van der Waals surface area contributed by atoms with Crippen LogP contribution in [0.15, 0.2) is 35.1 Å². The maximum absolute atomic E-state index is 13.2. The second kappa shape index (κ2) is 10.6. The zero-order valence-electron chi connectivity index (χ0n) is 28.2. The van der Waals surface area contributed by atoms with Crippen LogP contribution in [0, 0.1) is 22.7 Å². The highest BCUT2D eigenvalue weighted by atomic mass is 32.2. The molecule has 43 heavy (non-hydrogen) atoms. The molecule has 0 aromatic heterocycles. The van der Waals surface area contributed by atoms with Crippen molar-refractivity contribution in [2.24, 2.45) is 22.7 Å². The lowest BCUT2D eigenvalue weighted by Crippen LogP contribution is -2.58. The molecule has 2 unspecified atom stereocenters. The van der Waals surface area contributed by atoms with E-state index in [0.29, 0.717) is 19.3 Å². The highest BCUT2D eigenvalue weighted by molar-refractivity contribution is 7.87. The molecule has 2 saturated carbocycles. The molecule has 2 fully saturated rings. The Morgan fingerprint density at radius 3 is 1.98 bits per heavy atom. The van der Waals surface area contributed by atoms with E-state index >= 15 is 0 Å². The first-order valence-corrected chi connectivity index (χ1v) is 22.9. The number of fused-ring (bicyclic) bond motifs is 5. The normalized spacial score (nSPS) is 34.0. The molecule has 0 saturated heterocycles. The molecule has 4 aliphatic carbocycles. The summed E-state index contributed by atoms with van der Waals surface area (Å²) in [5.41, 5.74) is -4.08. The van der Waals surface area contributed by atoms with Gasteiger partial charge in [-0.15, -0.1) is 0 Å². The molecule has 0 bridgehead atoms. The lowest BCUT2D eigenvalue weighted by molar-refractivity contribution is -0.0551. The fourth-order valence-corrected chi connectivity index (χ4v) is 10.6. The zero-order chi connectivity index (χ0) is 32.8. The Bertz CT molecular complexity index is 1320. The van der Waals surface area contributed by atoms with E-state index in [4.69, 9.17) is 13.0 Å². The van der Waals surface area contributed by atoms with E-state index in [1.54, 1.807) is 6.08 Å². The quantitative estimate of drug-likeness (QED) is 0.161. The number of rotatable bonds is 6. The van der Waals surface area contributed by atoms with Crippen molar-refractivity contribution >= 4 is 26.8 Å². The van der Waals surface area contributed by atoms with Crippen molar-refractivity contribution in [2.45, 2.75) is 141 Å². The average molecular weight is 663 g/mol. The van der Waals surface area contributed by atoms with E-state index in [1.165, 1.54) is 11.1 Å². The van der Waals surface area contributed by atoms with Gasteiger partial charge in [0, 0.05) is 10.8 Å². The van der Waals surface area contributed by atoms with Crippen molar-refractivity contribution in [1.29, 1.82) is 0 Å². The highest BCUT2D eigenvalue weighted by Gasteiger charge is 2.61. The number of allylic oxidation sites excluding steroid dienone is 5. The Kier molecular flexibility index (Phi) is 8.60. The molecular formula is C32H53F3O5SSi2. The van der Waals surface area contributed by atoms with Crippen molar-refractivity contribution in [1.82, 2.24) is 0 Å². The van der Waals surface area contributed by atoms with Gasteiger partial charge in [0.05, 0.1) is 12.2 Å². The molecule has 246 valence electrons. The Hall–Kier alpha value is -0.886. The maximum Gasteiger partial charge on any atom is 0.534 e. The van der Waals surface area contributed by atoms with Gasteiger partial charge in [0.25, 0.3) is 0 Å². The van der Waals surface area contributed by atoms with E-state index in [-0.39, 0.29) is 45.3 Å². The largest absolute Gasteiger partial charge is 0.534 e. The molecule has 0 amide bonds. The summed E-state index contributed by atoms with van der Waals surface area (Å²) < 4.78 is 82.7. The lowest BCUT2D eigenvalue weighted by atomic mass is 9.50. The predicted octanol–water partition coefficient (Wildman–Crippen LogP) is 9.62. The van der Waals surface area contributed by atoms with E-state index in [1.807, 2.05) is 6.92 Å². The lowest BCUT2D eigenvalue weighted by Gasteiger charge is -2.59. The van der Waals surface area contributed by atoms with Crippen LogP contribution in [0.3, 0.4) is 0 Å². The molecule has 0 N–H and O–H groups in total. The Morgan fingerprint density at radius 1 is 0.884 bits per heavy atom. The molecule has 5 nitrogen and oxygen atoms in total. The summed E-state index contributed by atoms with van der Waals surface area (Å²) in [4.78, 5) is 0. The summed E-state index contributed by atoms with van der Waals surface area (Å²) in [6, 6.07) is 0. The van der Waals surface area contributed by atoms with Crippen LogP contribution in [0.2, 0.25) is 36.3 Å². The minimum atomic E-state index is -5.73. The van der Waals surface area contributed by atoms with Crippen LogP contribution >= 0.6 is 0 Å². The third-order valence-corrected chi connectivity index (χ3v) is 22.1. The van der Waals surface area contributed by atoms with Gasteiger partial charge in [0.2, 0.25) is 0 Å². The van der Waals surface area contributed by atoms with E-state index in [9.17, 15) is 21.6 Å². The molecular weight excluding hydrogens is 610 g/mol. The summed E-state index contributed by atoms with van der Waals surface area (Å²) in [7, 11) is -9.96. The predicted molar refractivity (Wildman–Crippen MR) is 171 cm³/mol. The van der Waals surface area contributed by atoms with Gasteiger partial charge in [-0.1, -0.05) is 78.7 Å². The highest BCUT2D eigenvalue weighted by Crippen LogP contribution is 2.65. The Labute approximate surface area is 260 Å². The van der Waals surface area contributed by atoms with Crippen molar-refractivity contribution in [3.8, 4) is 0 Å². The second-order valence-electron chi connectivity index (χ2n) is 16.8. The van der Waals surface area contributed by atoms with Gasteiger partial charge in [-0.05, 0) is 86.3 Å². The van der Waals surface area contributed by atoms with Crippen molar-refractivity contribution in [3.63, 3.8) is 0 Å². The van der Waals surface area contributed by atoms with Crippen molar-refractivity contribution < 1.29 is 34.6 Å². The van der Waals surface area contributed by atoms with E-state index in [0.717, 1.165) is 12.8 Å². The van der Waals surface area contributed by atoms with Crippen molar-refractivity contribution in [2.75, 3.05) is 0 Å². The smallest absolute Gasteiger partial charge is 0.414 e. The summed E-state index contributed by atoms with van der Waals surface area (Å²) in [5, 5.41) is 0.102. The van der Waals surface area contributed by atoms with Gasteiger partial charge in [-0.25, -0.2) is 0 Å².